The van der Waals surface area contributed by atoms with Crippen LogP contribution in [0.5, 0.6) is 11.5 Å². The number of amides is 1. The van der Waals surface area contributed by atoms with Gasteiger partial charge in [-0.3, -0.25) is 14.2 Å². The van der Waals surface area contributed by atoms with Gasteiger partial charge in [-0.15, -0.1) is 0 Å². The molecule has 2 aliphatic heterocycles. The van der Waals surface area contributed by atoms with Crippen molar-refractivity contribution in [2.45, 2.75) is 32.0 Å². The maximum absolute atomic E-state index is 13.5. The molecule has 2 aliphatic rings. The van der Waals surface area contributed by atoms with E-state index in [1.165, 1.54) is 18.2 Å². The van der Waals surface area contributed by atoms with E-state index in [2.05, 4.69) is 15.1 Å². The third-order valence-corrected chi connectivity index (χ3v) is 8.87. The topological polar surface area (TPSA) is 102 Å². The second-order valence-electron chi connectivity index (χ2n) is 11.6. The van der Waals surface area contributed by atoms with Crippen molar-refractivity contribution < 1.29 is 18.7 Å². The zero-order valence-corrected chi connectivity index (χ0v) is 25.7. The molecule has 1 N–H and O–H groups in total. The van der Waals surface area contributed by atoms with Crippen molar-refractivity contribution in [3.63, 3.8) is 0 Å². The van der Waals surface area contributed by atoms with Crippen LogP contribution in [0.25, 0.3) is 16.7 Å². The van der Waals surface area contributed by atoms with Crippen LogP contribution in [0.3, 0.4) is 0 Å². The lowest BCUT2D eigenvalue weighted by Gasteiger charge is -2.35. The molecule has 4 heterocycles. The lowest BCUT2D eigenvalue weighted by Crippen LogP contribution is -2.47. The summed E-state index contributed by atoms with van der Waals surface area (Å²) in [6.07, 6.45) is 0.953. The Hall–Kier alpha value is -5.45. The van der Waals surface area contributed by atoms with Crippen LogP contribution < -0.4 is 30.1 Å². The minimum Gasteiger partial charge on any atom is -0.493 e. The molecule has 2 saturated heterocycles. The van der Waals surface area contributed by atoms with Crippen LogP contribution in [0, 0.1) is 12.7 Å². The van der Waals surface area contributed by atoms with E-state index < -0.39 is 0 Å². The first-order valence-corrected chi connectivity index (χ1v) is 15.1. The highest BCUT2D eigenvalue weighted by molar-refractivity contribution is 5.94. The zero-order valence-electron chi connectivity index (χ0n) is 25.7. The van der Waals surface area contributed by atoms with Gasteiger partial charge in [0.25, 0.3) is 11.5 Å². The molecular weight excluding hydrogens is 587 g/mol. The first kappa shape index (κ1) is 29.3. The number of fused-ring (bicyclic) bond motifs is 3. The summed E-state index contributed by atoms with van der Waals surface area (Å²) >= 11 is 0. The first-order chi connectivity index (χ1) is 22.3. The number of aryl methyl sites for hydroxylation is 1. The molecule has 234 valence electrons. The van der Waals surface area contributed by atoms with Crippen molar-refractivity contribution in [1.82, 2.24) is 19.9 Å². The van der Waals surface area contributed by atoms with Crippen molar-refractivity contribution in [3.05, 3.63) is 112 Å². The Labute approximate surface area is 265 Å². The van der Waals surface area contributed by atoms with Crippen molar-refractivity contribution in [2.75, 3.05) is 37.1 Å². The number of carbonyl (C=O) groups excluding carboxylic acids is 1. The molecule has 1 amide bonds. The fourth-order valence-electron chi connectivity index (χ4n) is 6.53. The standard InChI is InChI=1S/C35H33FN6O4/c1-21-29-13-15-32(43)42(26-9-5-23(6-10-26)34(44)37-18-22-4-14-30(45-2)31(16-22)46-3)33(29)39-35(38-21)41-20-27-17-28(41)19-40(27)25-11-7-24(36)8-12-25/h4-16,27-28H,17-20H2,1-3H3,(H,37,44). The number of hydrogen-bond acceptors (Lipinski definition) is 8. The van der Waals surface area contributed by atoms with Gasteiger partial charge in [-0.05, 0) is 85.6 Å². The lowest BCUT2D eigenvalue weighted by atomic mass is 10.1. The molecule has 2 unspecified atom stereocenters. The molecule has 0 aliphatic carbocycles. The average Bonchev–Trinajstić information content (AvgIpc) is 3.69. The maximum Gasteiger partial charge on any atom is 0.256 e. The highest BCUT2D eigenvalue weighted by Crippen LogP contribution is 2.37. The molecule has 2 atom stereocenters. The van der Waals surface area contributed by atoms with Crippen molar-refractivity contribution in [1.29, 1.82) is 0 Å². The van der Waals surface area contributed by atoms with Gasteiger partial charge in [0.15, 0.2) is 17.1 Å². The molecule has 2 fully saturated rings. The Balaban J connectivity index is 1.12. The molecule has 3 aromatic carbocycles. The Morgan fingerprint density at radius 3 is 2.26 bits per heavy atom. The lowest BCUT2D eigenvalue weighted by molar-refractivity contribution is 0.0951. The van der Waals surface area contributed by atoms with E-state index in [1.54, 1.807) is 55.2 Å². The summed E-state index contributed by atoms with van der Waals surface area (Å²) in [6.45, 7) is 3.75. The molecule has 0 radical (unpaired) electrons. The molecular formula is C35H33FN6O4. The highest BCUT2D eigenvalue weighted by atomic mass is 19.1. The van der Waals surface area contributed by atoms with E-state index in [0.717, 1.165) is 41.8 Å². The van der Waals surface area contributed by atoms with Gasteiger partial charge < -0.3 is 24.6 Å². The van der Waals surface area contributed by atoms with Gasteiger partial charge in [0.1, 0.15) is 5.82 Å². The fourth-order valence-corrected chi connectivity index (χ4v) is 6.53. The van der Waals surface area contributed by atoms with Crippen molar-refractivity contribution in [3.8, 4) is 17.2 Å². The number of carbonyl (C=O) groups is 1. The number of pyridine rings is 1. The van der Waals surface area contributed by atoms with Gasteiger partial charge >= 0.3 is 0 Å². The molecule has 2 aromatic heterocycles. The molecule has 0 spiro atoms. The Morgan fingerprint density at radius 2 is 1.57 bits per heavy atom. The number of hydrogen-bond donors (Lipinski definition) is 1. The molecule has 2 bridgehead atoms. The van der Waals surface area contributed by atoms with Gasteiger partial charge in [0, 0.05) is 48.4 Å². The number of nitrogens with one attached hydrogen (secondary N) is 1. The summed E-state index contributed by atoms with van der Waals surface area (Å²) < 4.78 is 25.7. The number of anilines is 2. The summed E-state index contributed by atoms with van der Waals surface area (Å²) in [5.41, 5.74) is 4.00. The summed E-state index contributed by atoms with van der Waals surface area (Å²) in [5.74, 6) is 1.30. The number of ether oxygens (including phenoxy) is 2. The van der Waals surface area contributed by atoms with E-state index in [4.69, 9.17) is 19.4 Å². The van der Waals surface area contributed by atoms with Gasteiger partial charge in [-0.25, -0.2) is 9.37 Å². The van der Waals surface area contributed by atoms with Gasteiger partial charge in [-0.2, -0.15) is 4.98 Å². The molecule has 7 rings (SSSR count). The minimum atomic E-state index is -0.246. The van der Waals surface area contributed by atoms with E-state index in [-0.39, 0.29) is 29.4 Å². The largest absolute Gasteiger partial charge is 0.493 e. The smallest absolute Gasteiger partial charge is 0.256 e. The number of benzene rings is 3. The molecule has 11 heteroatoms. The zero-order chi connectivity index (χ0) is 31.9. The van der Waals surface area contributed by atoms with Gasteiger partial charge in [0.2, 0.25) is 5.95 Å². The number of nitrogens with zero attached hydrogens (tertiary/aromatic N) is 5. The Kier molecular flexibility index (Phi) is 7.51. The molecule has 5 aromatic rings. The van der Waals surface area contributed by atoms with E-state index >= 15 is 0 Å². The predicted molar refractivity (Wildman–Crippen MR) is 174 cm³/mol. The molecule has 10 nitrogen and oxygen atoms in total. The predicted octanol–water partition coefficient (Wildman–Crippen LogP) is 4.64. The van der Waals surface area contributed by atoms with Crippen LogP contribution in [-0.4, -0.2) is 59.8 Å². The maximum atomic E-state index is 13.5. The summed E-state index contributed by atoms with van der Waals surface area (Å²) in [4.78, 5) is 40.5. The van der Waals surface area contributed by atoms with Crippen LogP contribution in [0.1, 0.15) is 28.0 Å². The van der Waals surface area contributed by atoms with Crippen LogP contribution in [0.4, 0.5) is 16.0 Å². The van der Waals surface area contributed by atoms with Crippen LogP contribution in [0.2, 0.25) is 0 Å². The monoisotopic (exact) mass is 620 g/mol. The number of methoxy groups -OCH3 is 2. The number of halogens is 1. The van der Waals surface area contributed by atoms with Crippen molar-refractivity contribution in [2.24, 2.45) is 0 Å². The van der Waals surface area contributed by atoms with Gasteiger partial charge in [-0.1, -0.05) is 6.07 Å². The highest BCUT2D eigenvalue weighted by Gasteiger charge is 2.44. The number of piperazine rings is 1. The molecule has 46 heavy (non-hydrogen) atoms. The molecule has 0 saturated carbocycles. The van der Waals surface area contributed by atoms with Crippen LogP contribution >= 0.6 is 0 Å². The summed E-state index contributed by atoms with van der Waals surface area (Å²) in [7, 11) is 3.14. The van der Waals surface area contributed by atoms with Crippen LogP contribution in [-0.2, 0) is 6.54 Å². The number of rotatable bonds is 8. The second kappa shape index (κ2) is 11.8. The quantitative estimate of drug-likeness (QED) is 0.268. The van der Waals surface area contributed by atoms with E-state index in [1.807, 2.05) is 31.2 Å². The normalized spacial score (nSPS) is 17.0. The first-order valence-electron chi connectivity index (χ1n) is 15.1. The van der Waals surface area contributed by atoms with Crippen molar-refractivity contribution >= 4 is 28.6 Å². The summed E-state index contributed by atoms with van der Waals surface area (Å²) in [6, 6.07) is 22.8. The second-order valence-corrected chi connectivity index (χ2v) is 11.6. The Bertz CT molecular complexity index is 2000. The minimum absolute atomic E-state index is 0.201. The Morgan fingerprint density at radius 1 is 0.870 bits per heavy atom. The van der Waals surface area contributed by atoms with E-state index in [9.17, 15) is 14.0 Å². The van der Waals surface area contributed by atoms with Gasteiger partial charge in [0.05, 0.1) is 31.6 Å². The number of aromatic nitrogens is 3. The summed E-state index contributed by atoms with van der Waals surface area (Å²) in [5, 5.41) is 3.70. The average molecular weight is 621 g/mol. The SMILES string of the molecule is COc1ccc(CNC(=O)c2ccc(-n3c(=O)ccc4c(C)nc(N5CC6CC5CN6c5ccc(F)cc5)nc43)cc2)cc1OC. The van der Waals surface area contributed by atoms with Crippen LogP contribution in [0.15, 0.2) is 83.7 Å². The third-order valence-electron chi connectivity index (χ3n) is 8.87. The fraction of sp³-hybridized carbons (Fsp3) is 0.257. The third kappa shape index (κ3) is 5.27. The van der Waals surface area contributed by atoms with E-state index in [0.29, 0.717) is 40.9 Å².